The average Bonchev–Trinajstić information content (AvgIpc) is 3.81. The third-order valence-electron chi connectivity index (χ3n) is 10.1. The molecule has 0 atom stereocenters. The Kier molecular flexibility index (Phi) is 5.71. The minimum atomic E-state index is 0.668. The van der Waals surface area contributed by atoms with Crippen LogP contribution in [-0.2, 0) is 0 Å². The van der Waals surface area contributed by atoms with Crippen molar-refractivity contribution in [2.24, 2.45) is 4.99 Å². The number of hydrogen-bond acceptors (Lipinski definition) is 5. The number of para-hydroxylation sites is 2. The van der Waals surface area contributed by atoms with Gasteiger partial charge in [0.2, 0.25) is 5.95 Å². The zero-order chi connectivity index (χ0) is 32.9. The van der Waals surface area contributed by atoms with Gasteiger partial charge in [-0.2, -0.15) is 0 Å². The molecule has 0 fully saturated rings. The quantitative estimate of drug-likeness (QED) is 0.190. The molecule has 10 aromatic rings. The molecule has 0 amide bonds. The van der Waals surface area contributed by atoms with Gasteiger partial charge in [-0.1, -0.05) is 97.1 Å². The van der Waals surface area contributed by atoms with Gasteiger partial charge in [-0.05, 0) is 47.2 Å². The highest BCUT2D eigenvalue weighted by atomic mass is 32.1. The van der Waals surface area contributed by atoms with Crippen LogP contribution in [0.1, 0.15) is 0 Å². The Morgan fingerprint density at radius 1 is 0.580 bits per heavy atom. The Hall–Kier alpha value is -6.31. The van der Waals surface area contributed by atoms with Crippen LogP contribution in [0.15, 0.2) is 138 Å². The van der Waals surface area contributed by atoms with Crippen molar-refractivity contribution >= 4 is 98.2 Å². The second kappa shape index (κ2) is 10.3. The fraction of sp³-hybridized carbons (Fsp3) is 0.0465. The molecule has 0 saturated heterocycles. The van der Waals surface area contributed by atoms with E-state index < -0.39 is 0 Å². The van der Waals surface area contributed by atoms with E-state index in [9.17, 15) is 0 Å². The fourth-order valence-corrected chi connectivity index (χ4v) is 8.96. The normalized spacial score (nSPS) is 13.6. The van der Waals surface area contributed by atoms with Crippen LogP contribution in [0.3, 0.4) is 0 Å². The van der Waals surface area contributed by atoms with Crippen molar-refractivity contribution < 1.29 is 0 Å². The first-order chi connectivity index (χ1) is 24.7. The van der Waals surface area contributed by atoms with E-state index in [-0.39, 0.29) is 0 Å². The summed E-state index contributed by atoms with van der Waals surface area (Å²) in [4.78, 5) is 17.9. The lowest BCUT2D eigenvalue weighted by Crippen LogP contribution is -2.20. The Bertz CT molecular complexity index is 3100. The average molecular weight is 661 g/mol. The van der Waals surface area contributed by atoms with Crippen molar-refractivity contribution in [3.8, 4) is 17.2 Å². The number of rotatable bonds is 3. The van der Waals surface area contributed by atoms with Crippen LogP contribution < -0.4 is 0 Å². The number of likely N-dealkylation sites (N-methyl/N-ethyl adjacent to an activating group) is 1. The molecule has 50 heavy (non-hydrogen) atoms. The summed E-state index contributed by atoms with van der Waals surface area (Å²) in [5, 5.41) is 8.19. The summed E-state index contributed by atoms with van der Waals surface area (Å²) in [5.74, 6) is 1.61. The molecule has 0 saturated carbocycles. The van der Waals surface area contributed by atoms with Crippen LogP contribution >= 0.6 is 11.3 Å². The third kappa shape index (κ3) is 3.86. The highest BCUT2D eigenvalue weighted by Gasteiger charge is 2.23. The number of fused-ring (bicyclic) bond motifs is 10. The monoisotopic (exact) mass is 660 g/mol. The smallest absolute Gasteiger partial charge is 0.235 e. The van der Waals surface area contributed by atoms with Gasteiger partial charge < -0.3 is 4.90 Å². The number of benzene rings is 6. The van der Waals surface area contributed by atoms with Gasteiger partial charge in [-0.3, -0.25) is 9.13 Å². The van der Waals surface area contributed by atoms with Crippen LogP contribution in [0.4, 0.5) is 0 Å². The van der Waals surface area contributed by atoms with E-state index in [4.69, 9.17) is 15.0 Å². The Morgan fingerprint density at radius 3 is 1.98 bits per heavy atom. The fourth-order valence-electron chi connectivity index (χ4n) is 7.82. The molecule has 11 rings (SSSR count). The zero-order valence-corrected chi connectivity index (χ0v) is 27.9. The SMILES string of the molecule is CN1C=NC(n2c3ccccc3c3cc4c(cc32)c2ccccc2n4-c2nc(-c3cccc4ccccc34)c3sc4ccccc4c3n2)=CC1. The molecule has 1 aliphatic heterocycles. The molecule has 4 aromatic heterocycles. The summed E-state index contributed by atoms with van der Waals surface area (Å²) in [5.41, 5.74) is 7.47. The lowest BCUT2D eigenvalue weighted by Gasteiger charge is -2.17. The van der Waals surface area contributed by atoms with Crippen LogP contribution in [0, 0.1) is 0 Å². The van der Waals surface area contributed by atoms with Crippen molar-refractivity contribution in [1.29, 1.82) is 0 Å². The van der Waals surface area contributed by atoms with Crippen molar-refractivity contribution in [1.82, 2.24) is 24.0 Å². The van der Waals surface area contributed by atoms with Gasteiger partial charge in [-0.25, -0.2) is 15.0 Å². The molecule has 0 unspecified atom stereocenters. The number of aromatic nitrogens is 4. The van der Waals surface area contributed by atoms with Crippen LogP contribution in [0.5, 0.6) is 0 Å². The van der Waals surface area contributed by atoms with E-state index in [0.29, 0.717) is 5.95 Å². The first-order valence-electron chi connectivity index (χ1n) is 16.8. The van der Waals surface area contributed by atoms with Crippen molar-refractivity contribution in [2.45, 2.75) is 0 Å². The van der Waals surface area contributed by atoms with Gasteiger partial charge in [0.05, 0.1) is 44.3 Å². The van der Waals surface area contributed by atoms with Crippen molar-refractivity contribution in [2.75, 3.05) is 13.6 Å². The summed E-state index contributed by atoms with van der Waals surface area (Å²) < 4.78 is 6.88. The first kappa shape index (κ1) is 27.6. The van der Waals surface area contributed by atoms with Crippen molar-refractivity contribution in [3.05, 3.63) is 133 Å². The molecule has 0 radical (unpaired) electrons. The van der Waals surface area contributed by atoms with Gasteiger partial charge in [0, 0.05) is 50.8 Å². The van der Waals surface area contributed by atoms with Gasteiger partial charge in [0.25, 0.3) is 0 Å². The highest BCUT2D eigenvalue weighted by Crippen LogP contribution is 2.43. The summed E-state index contributed by atoms with van der Waals surface area (Å²) in [6.45, 7) is 0.810. The number of aliphatic imine (C=N–C) groups is 1. The Morgan fingerprint density at radius 2 is 1.22 bits per heavy atom. The summed E-state index contributed by atoms with van der Waals surface area (Å²) in [6.07, 6.45) is 4.11. The number of thiophene rings is 1. The van der Waals surface area contributed by atoms with Gasteiger partial charge in [-0.15, -0.1) is 11.3 Å². The van der Waals surface area contributed by atoms with E-state index in [2.05, 4.69) is 148 Å². The van der Waals surface area contributed by atoms with Crippen LogP contribution in [0.25, 0.3) is 97.7 Å². The van der Waals surface area contributed by atoms with E-state index >= 15 is 0 Å². The zero-order valence-electron chi connectivity index (χ0n) is 27.1. The maximum atomic E-state index is 5.51. The molecule has 7 heteroatoms. The summed E-state index contributed by atoms with van der Waals surface area (Å²) >= 11 is 1.77. The predicted molar refractivity (Wildman–Crippen MR) is 211 cm³/mol. The third-order valence-corrected chi connectivity index (χ3v) is 11.3. The maximum Gasteiger partial charge on any atom is 0.235 e. The summed E-state index contributed by atoms with van der Waals surface area (Å²) in [6, 6.07) is 45.6. The second-order valence-electron chi connectivity index (χ2n) is 13.0. The molecule has 236 valence electrons. The Balaban J connectivity index is 1.27. The molecule has 0 spiro atoms. The van der Waals surface area contributed by atoms with E-state index in [1.165, 1.54) is 26.2 Å². The number of nitrogens with zero attached hydrogens (tertiary/aromatic N) is 6. The minimum Gasteiger partial charge on any atom is -0.362 e. The topological polar surface area (TPSA) is 51.2 Å². The molecule has 6 nitrogen and oxygen atoms in total. The minimum absolute atomic E-state index is 0.668. The number of hydrogen-bond donors (Lipinski definition) is 0. The van der Waals surface area contributed by atoms with Gasteiger partial charge in [0.15, 0.2) is 0 Å². The van der Waals surface area contributed by atoms with Crippen molar-refractivity contribution in [3.63, 3.8) is 0 Å². The molecule has 0 aliphatic carbocycles. The molecule has 0 bridgehead atoms. The van der Waals surface area contributed by atoms with Gasteiger partial charge in [0.1, 0.15) is 5.82 Å². The first-order valence-corrected chi connectivity index (χ1v) is 17.6. The standard InChI is InChI=1S/C43H28N6S/c1-47-22-21-39(44-25-47)48-34-18-7-4-14-28(34)32-24-37-33(23-36(32)48)29-15-5-8-19-35(29)49(37)43-45-40(30-17-10-12-26-11-2-3-13-27(26)30)42-41(46-43)31-16-6-9-20-38(31)50-42/h2-21,23-25H,22H2,1H3. The van der Waals surface area contributed by atoms with E-state index in [0.717, 1.165) is 72.1 Å². The van der Waals surface area contributed by atoms with Crippen LogP contribution in [-0.4, -0.2) is 43.9 Å². The summed E-state index contributed by atoms with van der Waals surface area (Å²) in [7, 11) is 2.05. The van der Waals surface area contributed by atoms with Crippen LogP contribution in [0.2, 0.25) is 0 Å². The van der Waals surface area contributed by atoms with E-state index in [1.54, 1.807) is 11.3 Å². The highest BCUT2D eigenvalue weighted by molar-refractivity contribution is 7.26. The molecule has 0 N–H and O–H groups in total. The predicted octanol–water partition coefficient (Wildman–Crippen LogP) is 10.6. The molecular formula is C43H28N6S. The lowest BCUT2D eigenvalue weighted by molar-refractivity contribution is 0.574. The largest absolute Gasteiger partial charge is 0.362 e. The lowest BCUT2D eigenvalue weighted by atomic mass is 10.0. The van der Waals surface area contributed by atoms with E-state index in [1.807, 2.05) is 13.4 Å². The Labute approximate surface area is 290 Å². The molecule has 6 aromatic carbocycles. The molecular weight excluding hydrogens is 633 g/mol. The van der Waals surface area contributed by atoms with Gasteiger partial charge >= 0.3 is 0 Å². The second-order valence-corrected chi connectivity index (χ2v) is 14.1. The maximum absolute atomic E-state index is 5.51. The molecule has 1 aliphatic rings. The molecule has 5 heterocycles.